The molecular weight excluding hydrogens is 944 g/mol. The molecule has 0 saturated heterocycles. The number of alkyl carbamates (subject to hydrolysis) is 2. The average Bonchev–Trinajstić information content (AvgIpc) is 3.64. The number of ether oxygens (including phenoxy) is 5. The van der Waals surface area contributed by atoms with E-state index in [4.69, 9.17) is 23.7 Å². The minimum Gasteiger partial charge on any atom is -0.504 e. The summed E-state index contributed by atoms with van der Waals surface area (Å²) in [5.41, 5.74) is 2.67. The first-order valence-corrected chi connectivity index (χ1v) is 24.2. The van der Waals surface area contributed by atoms with Crippen molar-refractivity contribution in [2.45, 2.75) is 103 Å². The molecule has 73 heavy (non-hydrogen) atoms. The number of nitrogens with zero attached hydrogens (tertiary/aromatic N) is 1. The smallest absolute Gasteiger partial charge is 0.407 e. The largest absolute Gasteiger partial charge is 0.504 e. The maximum absolute atomic E-state index is 15.8. The molecule has 4 aromatic carbocycles. The number of halogens is 1. The lowest BCUT2D eigenvalue weighted by Crippen LogP contribution is -2.46. The van der Waals surface area contributed by atoms with Crippen molar-refractivity contribution in [1.29, 1.82) is 0 Å². The van der Waals surface area contributed by atoms with Gasteiger partial charge in [-0.2, -0.15) is 0 Å². The molecule has 0 radical (unpaired) electrons. The summed E-state index contributed by atoms with van der Waals surface area (Å²) >= 11 is 0. The number of rotatable bonds is 14. The third-order valence-electron chi connectivity index (χ3n) is 12.3. The Bertz CT molecular complexity index is 2680. The van der Waals surface area contributed by atoms with Crippen molar-refractivity contribution in [3.05, 3.63) is 107 Å². The first kappa shape index (κ1) is 54.8. The summed E-state index contributed by atoms with van der Waals surface area (Å²) in [6.07, 6.45) is -2.74. The number of methoxy groups -OCH3 is 1. The Morgan fingerprint density at radius 3 is 2.01 bits per heavy atom. The maximum atomic E-state index is 15.8. The summed E-state index contributed by atoms with van der Waals surface area (Å²) in [6, 6.07) is 19.6. The predicted molar refractivity (Wildman–Crippen MR) is 267 cm³/mol. The van der Waals surface area contributed by atoms with Crippen LogP contribution in [0.1, 0.15) is 102 Å². The summed E-state index contributed by atoms with van der Waals surface area (Å²) in [7, 11) is 2.48. The number of esters is 2. The van der Waals surface area contributed by atoms with E-state index in [1.54, 1.807) is 41.5 Å². The van der Waals surface area contributed by atoms with E-state index in [1.807, 2.05) is 48.5 Å². The molecule has 1 heterocycles. The molecule has 4 aromatic rings. The van der Waals surface area contributed by atoms with E-state index < -0.39 is 101 Å². The van der Waals surface area contributed by atoms with Gasteiger partial charge in [-0.25, -0.2) is 18.8 Å². The summed E-state index contributed by atoms with van der Waals surface area (Å²) in [4.78, 5) is 97.0. The number of likely N-dealkylation sites (N-methyl/N-ethyl adjacent to an activating group) is 1. The first-order valence-electron chi connectivity index (χ1n) is 24.2. The second-order valence-corrected chi connectivity index (χ2v) is 20.2. The minimum atomic E-state index is -1.48. The zero-order valence-electron chi connectivity index (χ0n) is 42.7. The third kappa shape index (κ3) is 14.1. The molecule has 0 spiro atoms. The molecule has 0 fully saturated rings. The quantitative estimate of drug-likeness (QED) is 0.0541. The number of carbonyl (C=O) groups excluding carboxylic acids is 7. The molecule has 17 nitrogen and oxygen atoms in total. The number of aromatic hydroxyl groups is 1. The van der Waals surface area contributed by atoms with Crippen molar-refractivity contribution in [2.24, 2.45) is 11.8 Å². The van der Waals surface area contributed by atoms with Crippen LogP contribution in [0, 0.1) is 17.7 Å². The number of amides is 4. The molecular formula is C55H65FN4O13. The molecule has 18 heteroatoms. The van der Waals surface area contributed by atoms with E-state index in [0.717, 1.165) is 40.3 Å². The highest BCUT2D eigenvalue weighted by Crippen LogP contribution is 2.45. The Morgan fingerprint density at radius 1 is 0.808 bits per heavy atom. The molecule has 390 valence electrons. The Morgan fingerprint density at radius 2 is 1.41 bits per heavy atom. The molecule has 4 N–H and O–H groups in total. The third-order valence-corrected chi connectivity index (χ3v) is 12.3. The van der Waals surface area contributed by atoms with Crippen molar-refractivity contribution in [2.75, 3.05) is 40.5 Å². The highest BCUT2D eigenvalue weighted by atomic mass is 19.1. The van der Waals surface area contributed by atoms with Gasteiger partial charge in [-0.05, 0) is 106 Å². The zero-order chi connectivity index (χ0) is 53.4. The topological polar surface area (TPSA) is 225 Å². The fourth-order valence-corrected chi connectivity index (χ4v) is 8.94. The predicted octanol–water partition coefficient (Wildman–Crippen LogP) is 7.69. The molecule has 2 aliphatic rings. The van der Waals surface area contributed by atoms with E-state index in [1.165, 1.54) is 38.2 Å². The summed E-state index contributed by atoms with van der Waals surface area (Å²) < 4.78 is 43.6. The number of ketones is 1. The number of hydrogen-bond donors (Lipinski definition) is 4. The van der Waals surface area contributed by atoms with E-state index in [0.29, 0.717) is 0 Å². The number of phenolic OH excluding ortho intramolecular Hbond substituents is 1. The molecule has 4 bridgehead atoms. The van der Waals surface area contributed by atoms with Crippen molar-refractivity contribution in [3.63, 3.8) is 0 Å². The average molecular weight is 1010 g/mol. The van der Waals surface area contributed by atoms with Gasteiger partial charge >= 0.3 is 24.1 Å². The maximum Gasteiger partial charge on any atom is 0.407 e. The van der Waals surface area contributed by atoms with Crippen molar-refractivity contribution < 1.29 is 66.7 Å². The number of fused-ring (bicyclic) bond motifs is 8. The molecule has 1 aliphatic heterocycles. The van der Waals surface area contributed by atoms with Gasteiger partial charge in [-0.1, -0.05) is 61.5 Å². The zero-order valence-corrected chi connectivity index (χ0v) is 42.7. The van der Waals surface area contributed by atoms with Gasteiger partial charge in [0.1, 0.15) is 42.2 Å². The number of carbonyl (C=O) groups is 7. The molecule has 4 atom stereocenters. The number of nitrogens with one attached hydrogen (secondary N) is 3. The lowest BCUT2D eigenvalue weighted by Gasteiger charge is -2.32. The van der Waals surface area contributed by atoms with Crippen LogP contribution in [0.25, 0.3) is 22.3 Å². The monoisotopic (exact) mass is 1010 g/mol. The van der Waals surface area contributed by atoms with Gasteiger partial charge in [0.2, 0.25) is 11.8 Å². The van der Waals surface area contributed by atoms with Gasteiger partial charge in [0, 0.05) is 49.4 Å². The van der Waals surface area contributed by atoms with Crippen LogP contribution in [0.4, 0.5) is 14.0 Å². The van der Waals surface area contributed by atoms with Crippen LogP contribution in [0.2, 0.25) is 0 Å². The normalized spacial score (nSPS) is 17.1. The molecule has 0 aromatic heterocycles. The number of phenols is 1. The highest BCUT2D eigenvalue weighted by Gasteiger charge is 2.38. The number of hydrogen-bond acceptors (Lipinski definition) is 13. The first-order chi connectivity index (χ1) is 34.4. The van der Waals surface area contributed by atoms with Crippen LogP contribution in [0.3, 0.4) is 0 Å². The number of Topliss-reactive ketones (excluding diaryl/α,β-unsaturated/α-hetero) is 1. The van der Waals surface area contributed by atoms with E-state index in [9.17, 15) is 33.9 Å². The van der Waals surface area contributed by atoms with Crippen molar-refractivity contribution in [1.82, 2.24) is 20.9 Å². The summed E-state index contributed by atoms with van der Waals surface area (Å²) in [5.74, 6) is -7.98. The lowest BCUT2D eigenvalue weighted by atomic mass is 9.89. The van der Waals surface area contributed by atoms with Crippen LogP contribution in [-0.4, -0.2) is 109 Å². The Balaban J connectivity index is 1.37. The molecule has 4 amide bonds. The molecule has 0 saturated carbocycles. The van der Waals surface area contributed by atoms with Crippen LogP contribution in [-0.2, 0) is 49.3 Å². The molecule has 0 unspecified atom stereocenters. The number of benzene rings is 4. The van der Waals surface area contributed by atoms with Gasteiger partial charge in [-0.15, -0.1) is 0 Å². The standard InChI is InChI=1S/C55H65FN4O13/c1-31-24-44(61)47(60(8)50(65)34(20-21-57-52(67)72-54(2,3)4)29-46(62)71-30-41-37-16-12-10-14-35(37)36-15-11-13-17-38(36)41)33-18-19-45(70-23-22-58-53(68)73-55(5,6)7)39(28-33)40-25-32(26-42(56)48(40)63)27-43(51(66)69-9)59-49(31)64/h10-19,25-26,28,31,34,41,43,47,63H,20-24,27,29-30H2,1-9H3,(H,57,67)(H,58,68)(H,59,64)/t31-,34-,43+,47+/m1/s1. The fourth-order valence-electron chi connectivity index (χ4n) is 8.94. The van der Waals surface area contributed by atoms with Crippen LogP contribution >= 0.6 is 0 Å². The Kier molecular flexibility index (Phi) is 17.5. The second-order valence-electron chi connectivity index (χ2n) is 20.2. The fraction of sp³-hybridized carbons (Fsp3) is 0.436. The summed E-state index contributed by atoms with van der Waals surface area (Å²) in [6.45, 7) is 11.3. The highest BCUT2D eigenvalue weighted by molar-refractivity contribution is 5.95. The minimum absolute atomic E-state index is 0.0272. The van der Waals surface area contributed by atoms with E-state index in [-0.39, 0.29) is 73.1 Å². The van der Waals surface area contributed by atoms with Gasteiger partial charge in [0.15, 0.2) is 17.3 Å². The van der Waals surface area contributed by atoms with Gasteiger partial charge < -0.3 is 49.6 Å². The van der Waals surface area contributed by atoms with Gasteiger partial charge in [-0.3, -0.25) is 19.2 Å². The van der Waals surface area contributed by atoms with Gasteiger partial charge in [0.05, 0.1) is 26.0 Å². The van der Waals surface area contributed by atoms with Crippen molar-refractivity contribution >= 4 is 41.7 Å². The SMILES string of the molecule is COC(=O)[C@@H]1Cc2cc(F)c(O)c(c2)-c2cc(ccc2OCCNC(=O)OC(C)(C)C)[C@H](N(C)C(=O)[C@H](CCNC(=O)OC(C)(C)C)CC(=O)OCC2c3ccccc3-c3ccccc32)C(=O)C[C@@H](C)C(=O)N1. The Hall–Kier alpha value is -7.50. The van der Waals surface area contributed by atoms with E-state index >= 15 is 9.18 Å². The summed E-state index contributed by atoms with van der Waals surface area (Å²) in [5, 5.41) is 19.2. The van der Waals surface area contributed by atoms with Crippen LogP contribution in [0.15, 0.2) is 78.9 Å². The molecule has 6 rings (SSSR count). The van der Waals surface area contributed by atoms with Crippen molar-refractivity contribution in [3.8, 4) is 33.8 Å². The van der Waals surface area contributed by atoms with E-state index in [2.05, 4.69) is 16.0 Å². The lowest BCUT2D eigenvalue weighted by molar-refractivity contribution is -0.150. The second kappa shape index (κ2) is 23.4. The Labute approximate surface area is 424 Å². The van der Waals surface area contributed by atoms with Crippen LogP contribution in [0.5, 0.6) is 11.5 Å². The molecule has 1 aliphatic carbocycles. The van der Waals surface area contributed by atoms with Gasteiger partial charge in [0.25, 0.3) is 0 Å². The van der Waals surface area contributed by atoms with Crippen LogP contribution < -0.4 is 20.7 Å².